The Balaban J connectivity index is 1.50. The molecule has 0 aromatic heterocycles. The highest BCUT2D eigenvalue weighted by Gasteiger charge is 2.27. The van der Waals surface area contributed by atoms with Crippen LogP contribution in [0.2, 0.25) is 0 Å². The minimum absolute atomic E-state index is 0.0665. The zero-order chi connectivity index (χ0) is 18.7. The molecule has 2 heterocycles. The molecule has 0 spiro atoms. The highest BCUT2D eigenvalue weighted by molar-refractivity contribution is 6.14. The molecule has 1 aromatic rings. The first-order valence-corrected chi connectivity index (χ1v) is 9.22. The number of likely N-dealkylation sites (tertiary alicyclic amines) is 1. The topological polar surface area (TPSA) is 71.0 Å². The van der Waals surface area contributed by atoms with Gasteiger partial charge >= 0.3 is 6.09 Å². The standard InChI is InChI=1S/C20H27N3O3/c1-20(2,3)26-19(25)23-10-8-14(9-11-23)12-21-18-16-7-5-4-6-15(16)17(24)13-22-18/h4-7,14H,8-13H2,1-3H3,(H,21,22). The van der Waals surface area contributed by atoms with Crippen molar-refractivity contribution in [1.29, 1.82) is 0 Å². The summed E-state index contributed by atoms with van der Waals surface area (Å²) in [5.74, 6) is 1.34. The number of hydrogen-bond acceptors (Lipinski definition) is 5. The molecule has 0 saturated carbocycles. The lowest BCUT2D eigenvalue weighted by atomic mass is 9.96. The molecule has 140 valence electrons. The number of ketones is 1. The van der Waals surface area contributed by atoms with Gasteiger partial charge in [-0.1, -0.05) is 24.3 Å². The predicted molar refractivity (Wildman–Crippen MR) is 101 cm³/mol. The Kier molecular flexibility index (Phi) is 5.30. The molecule has 1 N–H and O–H groups in total. The van der Waals surface area contributed by atoms with E-state index in [0.29, 0.717) is 19.0 Å². The van der Waals surface area contributed by atoms with Crippen LogP contribution in [0.3, 0.4) is 0 Å². The third-order valence-electron chi connectivity index (χ3n) is 4.69. The summed E-state index contributed by atoms with van der Waals surface area (Å²) < 4.78 is 5.44. The van der Waals surface area contributed by atoms with E-state index < -0.39 is 5.60 Å². The van der Waals surface area contributed by atoms with Crippen LogP contribution >= 0.6 is 0 Å². The number of nitrogens with zero attached hydrogens (tertiary/aromatic N) is 2. The number of aliphatic imine (C=N–C) groups is 1. The lowest BCUT2D eigenvalue weighted by molar-refractivity contribution is 0.0185. The first-order chi connectivity index (χ1) is 12.3. The molecule has 1 aromatic carbocycles. The fraction of sp³-hybridized carbons (Fsp3) is 0.550. The predicted octanol–water partition coefficient (Wildman–Crippen LogP) is 2.87. The summed E-state index contributed by atoms with van der Waals surface area (Å²) in [7, 11) is 0. The van der Waals surface area contributed by atoms with Crippen molar-refractivity contribution in [2.45, 2.75) is 39.2 Å². The molecule has 2 aliphatic rings. The van der Waals surface area contributed by atoms with E-state index in [-0.39, 0.29) is 18.4 Å². The summed E-state index contributed by atoms with van der Waals surface area (Å²) in [4.78, 5) is 30.3. The van der Waals surface area contributed by atoms with Crippen LogP contribution in [0.1, 0.15) is 49.5 Å². The van der Waals surface area contributed by atoms with Gasteiger partial charge in [-0.05, 0) is 39.5 Å². The average molecular weight is 357 g/mol. The Hall–Kier alpha value is -2.37. The SMILES string of the molecule is CC(C)(C)OC(=O)N1CCC(CNC2=NCC(=O)c3ccccc32)CC1. The highest BCUT2D eigenvalue weighted by Crippen LogP contribution is 2.20. The summed E-state index contributed by atoms with van der Waals surface area (Å²) >= 11 is 0. The van der Waals surface area contributed by atoms with Crippen LogP contribution in [-0.4, -0.2) is 54.4 Å². The summed E-state index contributed by atoms with van der Waals surface area (Å²) in [6, 6.07) is 7.59. The minimum Gasteiger partial charge on any atom is -0.444 e. The Bertz CT molecular complexity index is 713. The van der Waals surface area contributed by atoms with Crippen molar-refractivity contribution < 1.29 is 14.3 Å². The molecule has 0 bridgehead atoms. The van der Waals surface area contributed by atoms with Gasteiger partial charge < -0.3 is 15.0 Å². The highest BCUT2D eigenvalue weighted by atomic mass is 16.6. The van der Waals surface area contributed by atoms with Gasteiger partial charge in [0.1, 0.15) is 18.0 Å². The van der Waals surface area contributed by atoms with Gasteiger partial charge in [0.2, 0.25) is 0 Å². The maximum absolute atomic E-state index is 12.1. The van der Waals surface area contributed by atoms with Gasteiger partial charge in [-0.25, -0.2) is 4.79 Å². The molecule has 6 heteroatoms. The molecule has 2 aliphatic heterocycles. The molecule has 0 unspecified atom stereocenters. The smallest absolute Gasteiger partial charge is 0.410 e. The third-order valence-corrected chi connectivity index (χ3v) is 4.69. The summed E-state index contributed by atoms with van der Waals surface area (Å²) in [6.45, 7) is 8.07. The van der Waals surface area contributed by atoms with Crippen molar-refractivity contribution in [3.05, 3.63) is 35.4 Å². The molecule has 0 atom stereocenters. The number of Topliss-reactive ketones (excluding diaryl/α,β-unsaturated/α-hetero) is 1. The van der Waals surface area contributed by atoms with Crippen molar-refractivity contribution in [3.8, 4) is 0 Å². The van der Waals surface area contributed by atoms with E-state index >= 15 is 0 Å². The number of carbonyl (C=O) groups is 2. The van der Waals surface area contributed by atoms with Gasteiger partial charge in [-0.3, -0.25) is 9.79 Å². The number of fused-ring (bicyclic) bond motifs is 1. The fourth-order valence-corrected chi connectivity index (χ4v) is 3.29. The maximum atomic E-state index is 12.1. The normalized spacial score (nSPS) is 18.2. The van der Waals surface area contributed by atoms with Crippen molar-refractivity contribution in [2.24, 2.45) is 10.9 Å². The molecule has 26 heavy (non-hydrogen) atoms. The third kappa shape index (κ3) is 4.42. The number of rotatable bonds is 2. The van der Waals surface area contributed by atoms with Crippen molar-refractivity contribution >= 4 is 17.7 Å². The van der Waals surface area contributed by atoms with Crippen LogP contribution in [0.25, 0.3) is 0 Å². The first-order valence-electron chi connectivity index (χ1n) is 9.22. The number of benzene rings is 1. The molecule has 1 saturated heterocycles. The van der Waals surface area contributed by atoms with E-state index in [1.807, 2.05) is 45.0 Å². The van der Waals surface area contributed by atoms with Crippen molar-refractivity contribution in [2.75, 3.05) is 26.2 Å². The molecule has 1 amide bonds. The van der Waals surface area contributed by atoms with Crippen molar-refractivity contribution in [3.63, 3.8) is 0 Å². The van der Waals surface area contributed by atoms with Gasteiger partial charge in [0.25, 0.3) is 0 Å². The zero-order valence-corrected chi connectivity index (χ0v) is 15.7. The molecular weight excluding hydrogens is 330 g/mol. The summed E-state index contributed by atoms with van der Waals surface area (Å²) in [5.41, 5.74) is 1.17. The maximum Gasteiger partial charge on any atom is 0.410 e. The Morgan fingerprint density at radius 3 is 2.54 bits per heavy atom. The van der Waals surface area contributed by atoms with Gasteiger partial charge in [-0.15, -0.1) is 0 Å². The zero-order valence-electron chi connectivity index (χ0n) is 15.7. The molecule has 6 nitrogen and oxygen atoms in total. The van der Waals surface area contributed by atoms with E-state index in [2.05, 4.69) is 10.3 Å². The number of hydrogen-bond donors (Lipinski definition) is 1. The van der Waals surface area contributed by atoms with Gasteiger partial charge in [0, 0.05) is 30.8 Å². The monoisotopic (exact) mass is 357 g/mol. The molecule has 1 fully saturated rings. The Morgan fingerprint density at radius 2 is 1.88 bits per heavy atom. The van der Waals surface area contributed by atoms with E-state index in [1.165, 1.54) is 0 Å². The number of carbonyl (C=O) groups excluding carboxylic acids is 2. The van der Waals surface area contributed by atoms with Crippen LogP contribution < -0.4 is 5.32 Å². The average Bonchev–Trinajstić information content (AvgIpc) is 2.60. The second-order valence-corrected chi connectivity index (χ2v) is 7.93. The molecule has 3 rings (SSSR count). The van der Waals surface area contributed by atoms with Gasteiger partial charge in [0.15, 0.2) is 5.78 Å². The van der Waals surface area contributed by atoms with Crippen LogP contribution in [0, 0.1) is 5.92 Å². The number of amidine groups is 1. The molecular formula is C20H27N3O3. The van der Waals surface area contributed by atoms with Gasteiger partial charge in [-0.2, -0.15) is 0 Å². The van der Waals surface area contributed by atoms with Crippen LogP contribution in [0.4, 0.5) is 4.79 Å². The summed E-state index contributed by atoms with van der Waals surface area (Å²) in [5, 5.41) is 3.41. The number of piperidine rings is 1. The largest absolute Gasteiger partial charge is 0.444 e. The molecule has 0 radical (unpaired) electrons. The quantitative estimate of drug-likeness (QED) is 0.883. The Labute approximate surface area is 154 Å². The lowest BCUT2D eigenvalue weighted by Crippen LogP contribution is -2.44. The van der Waals surface area contributed by atoms with Crippen LogP contribution in [0.5, 0.6) is 0 Å². The molecule has 0 aliphatic carbocycles. The number of nitrogens with one attached hydrogen (secondary N) is 1. The van der Waals surface area contributed by atoms with E-state index in [9.17, 15) is 9.59 Å². The summed E-state index contributed by atoms with van der Waals surface area (Å²) in [6.07, 6.45) is 1.63. The van der Waals surface area contributed by atoms with Crippen LogP contribution in [-0.2, 0) is 4.74 Å². The fourth-order valence-electron chi connectivity index (χ4n) is 3.29. The number of amides is 1. The van der Waals surface area contributed by atoms with Gasteiger partial charge in [0.05, 0.1) is 0 Å². The first kappa shape index (κ1) is 18.4. The van der Waals surface area contributed by atoms with Crippen molar-refractivity contribution in [1.82, 2.24) is 10.2 Å². The lowest BCUT2D eigenvalue weighted by Gasteiger charge is -2.33. The second kappa shape index (κ2) is 7.48. The minimum atomic E-state index is -0.459. The van der Waals surface area contributed by atoms with E-state index in [4.69, 9.17) is 4.74 Å². The van der Waals surface area contributed by atoms with E-state index in [0.717, 1.165) is 36.3 Å². The van der Waals surface area contributed by atoms with Crippen LogP contribution in [0.15, 0.2) is 29.3 Å². The number of ether oxygens (including phenoxy) is 1. The van der Waals surface area contributed by atoms with E-state index in [1.54, 1.807) is 4.90 Å². The Morgan fingerprint density at radius 1 is 1.23 bits per heavy atom. The second-order valence-electron chi connectivity index (χ2n) is 7.93.